The van der Waals surface area contributed by atoms with Gasteiger partial charge in [-0.2, -0.15) is 13.2 Å². The van der Waals surface area contributed by atoms with Gasteiger partial charge in [-0.05, 0) is 57.9 Å². The normalized spacial score (nSPS) is 29.8. The van der Waals surface area contributed by atoms with Gasteiger partial charge in [-0.3, -0.25) is 14.5 Å². The van der Waals surface area contributed by atoms with Gasteiger partial charge in [0.2, 0.25) is 5.91 Å². The van der Waals surface area contributed by atoms with Crippen molar-refractivity contribution in [3.05, 3.63) is 41.2 Å². The molecule has 7 nitrogen and oxygen atoms in total. The number of rotatable bonds is 4. The van der Waals surface area contributed by atoms with Gasteiger partial charge < -0.3 is 15.5 Å². The minimum Gasteiger partial charge on any atom is -0.367 e. The Balaban J connectivity index is 1.53. The predicted octanol–water partition coefficient (Wildman–Crippen LogP) is 3.92. The van der Waals surface area contributed by atoms with Gasteiger partial charge in [-0.15, -0.1) is 0 Å². The van der Waals surface area contributed by atoms with Gasteiger partial charge in [0, 0.05) is 55.1 Å². The summed E-state index contributed by atoms with van der Waals surface area (Å²) < 4.78 is 56.6. The van der Waals surface area contributed by atoms with Crippen molar-refractivity contribution in [2.45, 2.75) is 63.5 Å². The van der Waals surface area contributed by atoms with E-state index in [1.807, 2.05) is 31.9 Å². The van der Waals surface area contributed by atoms with E-state index in [2.05, 4.69) is 20.5 Å². The number of halogens is 4. The molecule has 3 unspecified atom stereocenters. The minimum atomic E-state index is -4.89. The molecule has 0 spiro atoms. The van der Waals surface area contributed by atoms with E-state index < -0.39 is 35.3 Å². The molecule has 2 amide bonds. The Bertz CT molecular complexity index is 1230. The largest absolute Gasteiger partial charge is 0.414 e. The van der Waals surface area contributed by atoms with Crippen LogP contribution in [0, 0.1) is 11.7 Å². The number of alkyl halides is 3. The molecule has 4 aliphatic heterocycles. The summed E-state index contributed by atoms with van der Waals surface area (Å²) in [4.78, 5) is 32.3. The molecule has 5 atom stereocenters. The van der Waals surface area contributed by atoms with E-state index in [1.165, 1.54) is 12.1 Å². The van der Waals surface area contributed by atoms with Gasteiger partial charge in [-0.25, -0.2) is 9.38 Å². The number of carbonyl (C=O) groups is 2. The van der Waals surface area contributed by atoms with Gasteiger partial charge >= 0.3 is 6.18 Å². The van der Waals surface area contributed by atoms with Gasteiger partial charge in [0.1, 0.15) is 11.7 Å². The quantitative estimate of drug-likeness (QED) is 0.574. The molecule has 1 aromatic carbocycles. The molecular weight excluding hydrogens is 502 g/mol. The zero-order valence-corrected chi connectivity index (χ0v) is 21.5. The molecule has 11 heteroatoms. The van der Waals surface area contributed by atoms with E-state index in [0.29, 0.717) is 36.8 Å². The maximum Gasteiger partial charge on any atom is 0.414 e. The maximum atomic E-state index is 15.6. The smallest absolute Gasteiger partial charge is 0.367 e. The number of nitrogens with one attached hydrogen (secondary N) is 2. The van der Waals surface area contributed by atoms with Gasteiger partial charge in [0.25, 0.3) is 5.91 Å². The van der Waals surface area contributed by atoms with Crippen molar-refractivity contribution in [3.8, 4) is 0 Å². The monoisotopic (exact) mass is 533 g/mol. The first-order valence-corrected chi connectivity index (χ1v) is 12.9. The van der Waals surface area contributed by atoms with Gasteiger partial charge in [0.15, 0.2) is 0 Å². The highest BCUT2D eigenvalue weighted by Crippen LogP contribution is 2.39. The zero-order valence-electron chi connectivity index (χ0n) is 21.5. The molecule has 2 N–H and O–H groups in total. The maximum absolute atomic E-state index is 15.6. The molecule has 204 valence electrons. The fourth-order valence-corrected chi connectivity index (χ4v) is 5.86. The molecule has 4 heterocycles. The van der Waals surface area contributed by atoms with Crippen molar-refractivity contribution in [3.63, 3.8) is 0 Å². The summed E-state index contributed by atoms with van der Waals surface area (Å²) in [6, 6.07) is 3.56. The highest BCUT2D eigenvalue weighted by Gasteiger charge is 2.43. The van der Waals surface area contributed by atoms with E-state index in [4.69, 9.17) is 0 Å². The molecule has 1 aromatic rings. The molecule has 2 bridgehead atoms. The van der Waals surface area contributed by atoms with Crippen LogP contribution < -0.4 is 15.5 Å². The lowest BCUT2D eigenvalue weighted by Crippen LogP contribution is -2.55. The standard InChI is InChI=1S/C27H31F4N5O2/c1-14-12-36(13-15(2)35(14)3)24-10-22(28)19(16-6-17-4-5-18(7-16)33-17)8-23(24)34-26(38)20-11-32-25(37)9-21(20)27(29,30)31/h6,8-11,14-15,17-18,20,33H,4-5,7,12-13H2,1-3H3,(H,34,38)/t14-,15+,17?,18?,20?. The first-order chi connectivity index (χ1) is 17.9. The Morgan fingerprint density at radius 2 is 1.87 bits per heavy atom. The van der Waals surface area contributed by atoms with E-state index in [1.54, 1.807) is 0 Å². The highest BCUT2D eigenvalue weighted by molar-refractivity contribution is 6.11. The molecule has 0 aliphatic carbocycles. The van der Waals surface area contributed by atoms with Crippen molar-refractivity contribution in [1.29, 1.82) is 0 Å². The first kappa shape index (κ1) is 26.6. The number of likely N-dealkylation sites (N-methyl/N-ethyl adjacent to an activating group) is 1. The number of hydrogen-bond donors (Lipinski definition) is 2. The SMILES string of the molecule is C[C@@H]1CN(c2cc(F)c(C3=CC4CCC(C3)N4)cc2NC(=O)C2C=NC(=O)C=C2C(F)(F)F)C[C@H](C)N1C. The lowest BCUT2D eigenvalue weighted by atomic mass is 9.93. The summed E-state index contributed by atoms with van der Waals surface area (Å²) in [7, 11) is 2.01. The molecule has 4 aliphatic rings. The van der Waals surface area contributed by atoms with Crippen LogP contribution in [0.1, 0.15) is 38.7 Å². The molecule has 2 saturated heterocycles. The second-order valence-electron chi connectivity index (χ2n) is 10.7. The van der Waals surface area contributed by atoms with Crippen molar-refractivity contribution in [2.75, 3.05) is 30.4 Å². The van der Waals surface area contributed by atoms with Crippen LogP contribution in [-0.2, 0) is 9.59 Å². The van der Waals surface area contributed by atoms with Crippen LogP contribution in [0.3, 0.4) is 0 Å². The molecule has 0 aromatic heterocycles. The van der Waals surface area contributed by atoms with Crippen LogP contribution in [0.15, 0.2) is 34.9 Å². The molecular formula is C27H31F4N5O2. The Morgan fingerprint density at radius 1 is 1.16 bits per heavy atom. The topological polar surface area (TPSA) is 77.0 Å². The van der Waals surface area contributed by atoms with E-state index >= 15 is 4.39 Å². The molecule has 0 saturated carbocycles. The second-order valence-corrected chi connectivity index (χ2v) is 10.7. The zero-order chi connectivity index (χ0) is 27.4. The first-order valence-electron chi connectivity index (χ1n) is 12.9. The third-order valence-electron chi connectivity index (χ3n) is 8.11. The number of nitrogens with zero attached hydrogens (tertiary/aromatic N) is 3. The van der Waals surface area contributed by atoms with Crippen LogP contribution in [-0.4, -0.2) is 73.4 Å². The van der Waals surface area contributed by atoms with Crippen molar-refractivity contribution < 1.29 is 27.2 Å². The summed E-state index contributed by atoms with van der Waals surface area (Å²) in [5, 5.41) is 6.10. The number of aliphatic imine (C=N–C) groups is 1. The number of amides is 2. The number of hydrogen-bond acceptors (Lipinski definition) is 5. The number of dihydropyridines is 1. The minimum absolute atomic E-state index is 0.129. The lowest BCUT2D eigenvalue weighted by molar-refractivity contribution is -0.124. The summed E-state index contributed by atoms with van der Waals surface area (Å²) in [5.41, 5.74) is 0.506. The average molecular weight is 534 g/mol. The number of anilines is 2. The summed E-state index contributed by atoms with van der Waals surface area (Å²) in [6.07, 6.45) is 0.747. The fourth-order valence-electron chi connectivity index (χ4n) is 5.86. The van der Waals surface area contributed by atoms with Crippen LogP contribution in [0.5, 0.6) is 0 Å². The Kier molecular flexibility index (Phi) is 6.93. The third kappa shape index (κ3) is 5.13. The molecule has 0 radical (unpaired) electrons. The lowest BCUT2D eigenvalue weighted by Gasteiger charge is -2.44. The summed E-state index contributed by atoms with van der Waals surface area (Å²) >= 11 is 0. The average Bonchev–Trinajstić information content (AvgIpc) is 3.19. The number of fused-ring (bicyclic) bond motifs is 2. The van der Waals surface area contributed by atoms with Gasteiger partial charge in [-0.1, -0.05) is 6.08 Å². The van der Waals surface area contributed by atoms with Crippen molar-refractivity contribution in [2.24, 2.45) is 10.9 Å². The van der Waals surface area contributed by atoms with E-state index in [9.17, 15) is 22.8 Å². The summed E-state index contributed by atoms with van der Waals surface area (Å²) in [6.45, 7) is 5.17. The van der Waals surface area contributed by atoms with Crippen LogP contribution in [0.4, 0.5) is 28.9 Å². The van der Waals surface area contributed by atoms with Crippen LogP contribution in [0.2, 0.25) is 0 Å². The van der Waals surface area contributed by atoms with E-state index in [-0.39, 0.29) is 29.9 Å². The van der Waals surface area contributed by atoms with Crippen LogP contribution >= 0.6 is 0 Å². The Labute approximate surface area is 218 Å². The van der Waals surface area contributed by atoms with Gasteiger partial charge in [0.05, 0.1) is 16.9 Å². The number of benzene rings is 1. The second kappa shape index (κ2) is 9.92. The molecule has 5 rings (SSSR count). The Hall–Kier alpha value is -3.05. The van der Waals surface area contributed by atoms with Crippen molar-refractivity contribution >= 4 is 35.0 Å². The fraction of sp³-hybridized carbons (Fsp3) is 0.519. The number of piperazine rings is 1. The highest BCUT2D eigenvalue weighted by atomic mass is 19.4. The predicted molar refractivity (Wildman–Crippen MR) is 138 cm³/mol. The van der Waals surface area contributed by atoms with E-state index in [0.717, 1.165) is 24.6 Å². The summed E-state index contributed by atoms with van der Waals surface area (Å²) in [5.74, 6) is -4.30. The Morgan fingerprint density at radius 3 is 2.53 bits per heavy atom. The molecule has 2 fully saturated rings. The van der Waals surface area contributed by atoms with Crippen LogP contribution in [0.25, 0.3) is 5.57 Å². The number of carbonyl (C=O) groups excluding carboxylic acids is 2. The molecule has 38 heavy (non-hydrogen) atoms. The van der Waals surface area contributed by atoms with Crippen molar-refractivity contribution in [1.82, 2.24) is 10.2 Å². The third-order valence-corrected chi connectivity index (χ3v) is 8.11.